The van der Waals surface area contributed by atoms with Gasteiger partial charge in [-0.25, -0.2) is 4.98 Å². The predicted octanol–water partition coefficient (Wildman–Crippen LogP) is 4.21. The summed E-state index contributed by atoms with van der Waals surface area (Å²) in [6.07, 6.45) is 6.50. The average molecular weight is 296 g/mol. The molecule has 21 heavy (non-hydrogen) atoms. The van der Waals surface area contributed by atoms with Crippen LogP contribution >= 0.6 is 11.8 Å². The molecule has 3 nitrogen and oxygen atoms in total. The molecule has 2 heterocycles. The van der Waals surface area contributed by atoms with Crippen LogP contribution in [0.3, 0.4) is 0 Å². The summed E-state index contributed by atoms with van der Waals surface area (Å²) in [4.78, 5) is 8.65. The van der Waals surface area contributed by atoms with Crippen LogP contribution in [0.15, 0.2) is 65.5 Å². The van der Waals surface area contributed by atoms with E-state index in [0.29, 0.717) is 5.89 Å². The summed E-state index contributed by atoms with van der Waals surface area (Å²) in [7, 11) is 0. The fourth-order valence-electron chi connectivity index (χ4n) is 2.00. The van der Waals surface area contributed by atoms with Gasteiger partial charge in [0.25, 0.3) is 0 Å². The highest BCUT2D eigenvalue weighted by Crippen LogP contribution is 2.20. The molecule has 0 atom stereocenters. The van der Waals surface area contributed by atoms with Crippen LogP contribution in [0.25, 0.3) is 11.5 Å². The molecule has 0 aliphatic carbocycles. The number of hydrogen-bond acceptors (Lipinski definition) is 4. The Morgan fingerprint density at radius 1 is 1.05 bits per heavy atom. The first-order valence-electron chi connectivity index (χ1n) is 6.88. The SMILES string of the molecule is c1ccc(-c2nc(CSCCc3cccnc3)co2)cc1. The van der Waals surface area contributed by atoms with E-state index in [1.54, 1.807) is 12.5 Å². The highest BCUT2D eigenvalue weighted by Gasteiger charge is 2.06. The van der Waals surface area contributed by atoms with Crippen molar-refractivity contribution in [3.63, 3.8) is 0 Å². The van der Waals surface area contributed by atoms with Gasteiger partial charge in [-0.2, -0.15) is 11.8 Å². The number of aryl methyl sites for hydroxylation is 1. The molecule has 0 bridgehead atoms. The largest absolute Gasteiger partial charge is 0.444 e. The molecular weight excluding hydrogens is 280 g/mol. The van der Waals surface area contributed by atoms with Gasteiger partial charge >= 0.3 is 0 Å². The minimum absolute atomic E-state index is 0.693. The number of benzene rings is 1. The number of thioether (sulfide) groups is 1. The molecule has 0 aliphatic rings. The van der Waals surface area contributed by atoms with Gasteiger partial charge in [-0.05, 0) is 35.9 Å². The first-order valence-corrected chi connectivity index (χ1v) is 8.04. The second kappa shape index (κ2) is 7.09. The molecule has 3 rings (SSSR count). The Labute approximate surface area is 128 Å². The van der Waals surface area contributed by atoms with Gasteiger partial charge in [-0.1, -0.05) is 24.3 Å². The highest BCUT2D eigenvalue weighted by atomic mass is 32.2. The summed E-state index contributed by atoms with van der Waals surface area (Å²) in [5, 5.41) is 0. The van der Waals surface area contributed by atoms with Gasteiger partial charge in [-0.3, -0.25) is 4.98 Å². The molecule has 0 saturated heterocycles. The lowest BCUT2D eigenvalue weighted by Gasteiger charge is -1.99. The number of rotatable bonds is 6. The molecule has 0 radical (unpaired) electrons. The smallest absolute Gasteiger partial charge is 0.226 e. The Balaban J connectivity index is 1.49. The lowest BCUT2D eigenvalue weighted by molar-refractivity contribution is 0.573. The van der Waals surface area contributed by atoms with Crippen molar-refractivity contribution in [1.29, 1.82) is 0 Å². The maximum absolute atomic E-state index is 5.53. The van der Waals surface area contributed by atoms with Gasteiger partial charge < -0.3 is 4.42 Å². The Morgan fingerprint density at radius 3 is 2.76 bits per heavy atom. The summed E-state index contributed by atoms with van der Waals surface area (Å²) >= 11 is 1.86. The third kappa shape index (κ3) is 3.95. The minimum Gasteiger partial charge on any atom is -0.444 e. The Kier molecular flexibility index (Phi) is 4.69. The summed E-state index contributed by atoms with van der Waals surface area (Å²) in [5.41, 5.74) is 3.28. The topological polar surface area (TPSA) is 38.9 Å². The van der Waals surface area contributed by atoms with Crippen molar-refractivity contribution in [2.24, 2.45) is 0 Å². The fourth-order valence-corrected chi connectivity index (χ4v) is 2.87. The van der Waals surface area contributed by atoms with E-state index in [1.807, 2.05) is 54.4 Å². The van der Waals surface area contributed by atoms with E-state index >= 15 is 0 Å². The molecule has 0 N–H and O–H groups in total. The second-order valence-electron chi connectivity index (χ2n) is 4.67. The zero-order valence-corrected chi connectivity index (χ0v) is 12.4. The maximum Gasteiger partial charge on any atom is 0.226 e. The van der Waals surface area contributed by atoms with Crippen LogP contribution in [-0.4, -0.2) is 15.7 Å². The van der Waals surface area contributed by atoms with Crippen LogP contribution in [0.1, 0.15) is 11.3 Å². The molecule has 4 heteroatoms. The van der Waals surface area contributed by atoms with Gasteiger partial charge in [-0.15, -0.1) is 0 Å². The van der Waals surface area contributed by atoms with Crippen molar-refractivity contribution in [2.45, 2.75) is 12.2 Å². The first-order chi connectivity index (χ1) is 10.4. The van der Waals surface area contributed by atoms with Crippen molar-refractivity contribution < 1.29 is 4.42 Å². The lowest BCUT2D eigenvalue weighted by atomic mass is 10.2. The summed E-state index contributed by atoms with van der Waals surface area (Å²) in [6.45, 7) is 0. The normalized spacial score (nSPS) is 10.7. The van der Waals surface area contributed by atoms with Gasteiger partial charge in [0.2, 0.25) is 5.89 Å². The monoisotopic (exact) mass is 296 g/mol. The molecule has 3 aromatic rings. The fraction of sp³-hybridized carbons (Fsp3) is 0.176. The molecule has 0 unspecified atom stereocenters. The quantitative estimate of drug-likeness (QED) is 0.639. The molecular formula is C17H16N2OS. The second-order valence-corrected chi connectivity index (χ2v) is 5.78. The number of oxazole rings is 1. The molecule has 0 aliphatic heterocycles. The Bertz CT molecular complexity index is 668. The molecule has 0 spiro atoms. The lowest BCUT2D eigenvalue weighted by Crippen LogP contribution is -1.90. The first kappa shape index (κ1) is 13.9. The van der Waals surface area contributed by atoms with Crippen molar-refractivity contribution in [3.05, 3.63) is 72.4 Å². The van der Waals surface area contributed by atoms with Crippen LogP contribution < -0.4 is 0 Å². The summed E-state index contributed by atoms with van der Waals surface area (Å²) in [6, 6.07) is 14.1. The van der Waals surface area contributed by atoms with Crippen molar-refractivity contribution in [3.8, 4) is 11.5 Å². The van der Waals surface area contributed by atoms with Crippen LogP contribution in [0.4, 0.5) is 0 Å². The van der Waals surface area contributed by atoms with Crippen molar-refractivity contribution in [2.75, 3.05) is 5.75 Å². The molecule has 106 valence electrons. The number of aromatic nitrogens is 2. The van der Waals surface area contributed by atoms with Gasteiger partial charge in [0.1, 0.15) is 6.26 Å². The third-order valence-electron chi connectivity index (χ3n) is 3.08. The molecule has 0 amide bonds. The van der Waals surface area contributed by atoms with E-state index in [4.69, 9.17) is 4.42 Å². The van der Waals surface area contributed by atoms with Gasteiger partial charge in [0, 0.05) is 23.7 Å². The van der Waals surface area contributed by atoms with Crippen LogP contribution in [0.5, 0.6) is 0 Å². The van der Waals surface area contributed by atoms with Crippen LogP contribution in [0, 0.1) is 0 Å². The van der Waals surface area contributed by atoms with E-state index in [2.05, 4.69) is 16.0 Å². The molecule has 0 fully saturated rings. The van der Waals surface area contributed by atoms with Gasteiger partial charge in [0.15, 0.2) is 0 Å². The zero-order chi connectivity index (χ0) is 14.3. The van der Waals surface area contributed by atoms with Crippen molar-refractivity contribution in [1.82, 2.24) is 9.97 Å². The van der Waals surface area contributed by atoms with Crippen LogP contribution in [0.2, 0.25) is 0 Å². The maximum atomic E-state index is 5.53. The molecule has 2 aromatic heterocycles. The number of pyridine rings is 1. The third-order valence-corrected chi connectivity index (χ3v) is 4.07. The summed E-state index contributed by atoms with van der Waals surface area (Å²) < 4.78 is 5.53. The predicted molar refractivity (Wildman–Crippen MR) is 86.0 cm³/mol. The number of hydrogen-bond donors (Lipinski definition) is 0. The summed E-state index contributed by atoms with van der Waals surface area (Å²) in [5.74, 6) is 2.62. The van der Waals surface area contributed by atoms with E-state index in [0.717, 1.165) is 29.2 Å². The Morgan fingerprint density at radius 2 is 1.95 bits per heavy atom. The minimum atomic E-state index is 0.693. The number of nitrogens with zero attached hydrogens (tertiary/aromatic N) is 2. The van der Waals surface area contributed by atoms with Gasteiger partial charge in [0.05, 0.1) is 5.69 Å². The van der Waals surface area contributed by atoms with E-state index in [-0.39, 0.29) is 0 Å². The average Bonchev–Trinajstić information content (AvgIpc) is 3.02. The molecule has 0 saturated carbocycles. The Hall–Kier alpha value is -2.07. The van der Waals surface area contributed by atoms with Crippen LogP contribution in [-0.2, 0) is 12.2 Å². The standard InChI is InChI=1S/C17H16N2OS/c1-2-6-15(7-3-1)17-19-16(12-20-17)13-21-10-8-14-5-4-9-18-11-14/h1-7,9,11-12H,8,10,13H2. The highest BCUT2D eigenvalue weighted by molar-refractivity contribution is 7.98. The van der Waals surface area contributed by atoms with Crippen molar-refractivity contribution >= 4 is 11.8 Å². The zero-order valence-electron chi connectivity index (χ0n) is 11.6. The van der Waals surface area contributed by atoms with E-state index in [9.17, 15) is 0 Å². The van der Waals surface area contributed by atoms with E-state index in [1.165, 1.54) is 5.56 Å². The molecule has 1 aromatic carbocycles. The van der Waals surface area contributed by atoms with E-state index < -0.39 is 0 Å².